The summed E-state index contributed by atoms with van der Waals surface area (Å²) in [6, 6.07) is 19.9. The molecule has 0 N–H and O–H groups in total. The van der Waals surface area contributed by atoms with Gasteiger partial charge in [0.2, 0.25) is 28.7 Å². The highest BCUT2D eigenvalue weighted by Gasteiger charge is 2.42. The third-order valence-electron chi connectivity index (χ3n) is 6.14. The number of imidazole rings is 1. The van der Waals surface area contributed by atoms with Crippen LogP contribution in [0.15, 0.2) is 73.1 Å². The van der Waals surface area contributed by atoms with Gasteiger partial charge in [-0.1, -0.05) is 72.3 Å². The lowest BCUT2D eigenvalue weighted by atomic mass is 9.89. The molecule has 0 fully saturated rings. The Balaban J connectivity index is 1.75. The van der Waals surface area contributed by atoms with E-state index in [0.717, 1.165) is 22.4 Å². The van der Waals surface area contributed by atoms with Gasteiger partial charge >= 0.3 is 0 Å². The summed E-state index contributed by atoms with van der Waals surface area (Å²) in [4.78, 5) is 40.2. The van der Waals surface area contributed by atoms with Gasteiger partial charge in [-0.25, -0.2) is 4.57 Å². The Morgan fingerprint density at radius 2 is 1.39 bits per heavy atom. The van der Waals surface area contributed by atoms with E-state index in [4.69, 9.17) is 0 Å². The SMILES string of the molecule is Cc1cc(C)c(-n2c[n+](CC(=O)c3ccccc3)c3c2C(=O)c2ccccc2C3=O)c(C)c1. The van der Waals surface area contributed by atoms with Crippen LogP contribution in [-0.2, 0) is 6.54 Å². The van der Waals surface area contributed by atoms with E-state index >= 15 is 0 Å². The van der Waals surface area contributed by atoms with Crippen LogP contribution in [0.5, 0.6) is 0 Å². The zero-order valence-electron chi connectivity index (χ0n) is 18.8. The van der Waals surface area contributed by atoms with Gasteiger partial charge in [-0.3, -0.25) is 14.4 Å². The molecule has 4 aromatic rings. The van der Waals surface area contributed by atoms with Crippen molar-refractivity contribution >= 4 is 17.3 Å². The third kappa shape index (κ3) is 3.33. The van der Waals surface area contributed by atoms with Gasteiger partial charge < -0.3 is 0 Å². The number of fused-ring (bicyclic) bond motifs is 2. The first-order valence-corrected chi connectivity index (χ1v) is 10.9. The standard InChI is InChI=1S/C28H23N2O3/c1-17-13-18(2)24(19(3)14-17)30-16-29(15-23(31)20-9-5-4-6-10-20)25-26(30)28(33)22-12-8-7-11-21(22)27(25)32/h4-14,16H,15H2,1-3H3/q+1. The number of hydrogen-bond acceptors (Lipinski definition) is 3. The van der Waals surface area contributed by atoms with E-state index in [1.54, 1.807) is 51.9 Å². The van der Waals surface area contributed by atoms with E-state index < -0.39 is 0 Å². The van der Waals surface area contributed by atoms with E-state index in [9.17, 15) is 14.4 Å². The van der Waals surface area contributed by atoms with Crippen LogP contribution < -0.4 is 4.57 Å². The van der Waals surface area contributed by atoms with Gasteiger partial charge in [-0.2, -0.15) is 4.57 Å². The van der Waals surface area contributed by atoms with Crippen molar-refractivity contribution in [2.75, 3.05) is 0 Å². The first kappa shape index (κ1) is 20.8. The van der Waals surface area contributed by atoms with Crippen molar-refractivity contribution in [2.45, 2.75) is 27.3 Å². The fraction of sp³-hybridized carbons (Fsp3) is 0.143. The van der Waals surface area contributed by atoms with Crippen LogP contribution in [0.2, 0.25) is 0 Å². The van der Waals surface area contributed by atoms with Crippen molar-refractivity contribution in [2.24, 2.45) is 0 Å². The fourth-order valence-corrected chi connectivity index (χ4v) is 4.81. The number of Topliss-reactive ketones (excluding diaryl/α,β-unsaturated/α-hetero) is 1. The molecule has 5 rings (SSSR count). The summed E-state index contributed by atoms with van der Waals surface area (Å²) in [5.74, 6) is -0.593. The summed E-state index contributed by atoms with van der Waals surface area (Å²) in [7, 11) is 0. The average molecular weight is 436 g/mol. The number of nitrogens with zero attached hydrogens (tertiary/aromatic N) is 2. The number of rotatable bonds is 4. The lowest BCUT2D eigenvalue weighted by Gasteiger charge is -2.14. The Morgan fingerprint density at radius 3 is 2.03 bits per heavy atom. The van der Waals surface area contributed by atoms with Crippen LogP contribution >= 0.6 is 0 Å². The fourth-order valence-electron chi connectivity index (χ4n) is 4.81. The van der Waals surface area contributed by atoms with Crippen molar-refractivity contribution < 1.29 is 19.0 Å². The molecule has 0 saturated carbocycles. The van der Waals surface area contributed by atoms with Crippen molar-refractivity contribution in [1.29, 1.82) is 0 Å². The van der Waals surface area contributed by atoms with E-state index in [-0.39, 0.29) is 29.6 Å². The predicted octanol–water partition coefficient (Wildman–Crippen LogP) is 4.35. The Labute approximate surface area is 191 Å². The van der Waals surface area contributed by atoms with Crippen molar-refractivity contribution in [1.82, 2.24) is 4.57 Å². The monoisotopic (exact) mass is 435 g/mol. The van der Waals surface area contributed by atoms with Crippen LogP contribution in [-0.4, -0.2) is 21.9 Å². The Kier molecular flexibility index (Phi) is 4.90. The first-order chi connectivity index (χ1) is 15.9. The van der Waals surface area contributed by atoms with E-state index in [1.165, 1.54) is 0 Å². The number of aromatic nitrogens is 2. The van der Waals surface area contributed by atoms with Crippen LogP contribution in [0.4, 0.5) is 0 Å². The molecule has 33 heavy (non-hydrogen) atoms. The number of carbonyl (C=O) groups excluding carboxylic acids is 3. The molecule has 0 unspecified atom stereocenters. The minimum absolute atomic E-state index is 0.0372. The quantitative estimate of drug-likeness (QED) is 0.312. The molecule has 1 aliphatic carbocycles. The highest BCUT2D eigenvalue weighted by atomic mass is 16.1. The summed E-state index contributed by atoms with van der Waals surface area (Å²) in [6.45, 7) is 5.97. The van der Waals surface area contributed by atoms with E-state index in [1.807, 2.05) is 39.0 Å². The number of ketones is 3. The maximum atomic E-state index is 13.6. The maximum absolute atomic E-state index is 13.6. The topological polar surface area (TPSA) is 60.0 Å². The third-order valence-corrected chi connectivity index (χ3v) is 6.14. The highest BCUT2D eigenvalue weighted by molar-refractivity contribution is 6.26. The molecule has 0 spiro atoms. The lowest BCUT2D eigenvalue weighted by Crippen LogP contribution is -2.43. The van der Waals surface area contributed by atoms with E-state index in [0.29, 0.717) is 22.4 Å². The number of hydrogen-bond donors (Lipinski definition) is 0. The lowest BCUT2D eigenvalue weighted by molar-refractivity contribution is -0.684. The van der Waals surface area contributed by atoms with Crippen molar-refractivity contribution in [3.05, 3.63) is 118 Å². The van der Waals surface area contributed by atoms with Crippen molar-refractivity contribution in [3.63, 3.8) is 0 Å². The van der Waals surface area contributed by atoms with Crippen LogP contribution in [0, 0.1) is 20.8 Å². The molecule has 162 valence electrons. The zero-order valence-corrected chi connectivity index (χ0v) is 18.8. The second-order valence-corrected chi connectivity index (χ2v) is 8.55. The molecule has 0 saturated heterocycles. The second-order valence-electron chi connectivity index (χ2n) is 8.55. The van der Waals surface area contributed by atoms with Crippen molar-refractivity contribution in [3.8, 4) is 5.69 Å². The molecule has 0 bridgehead atoms. The average Bonchev–Trinajstić information content (AvgIpc) is 3.16. The molecule has 0 aliphatic heterocycles. The van der Waals surface area contributed by atoms with E-state index in [2.05, 4.69) is 12.1 Å². The molecular weight excluding hydrogens is 412 g/mol. The summed E-state index contributed by atoms with van der Waals surface area (Å²) in [5, 5.41) is 0. The number of carbonyl (C=O) groups is 3. The molecule has 3 aromatic carbocycles. The zero-order chi connectivity index (χ0) is 23.3. The predicted molar refractivity (Wildman–Crippen MR) is 124 cm³/mol. The molecule has 1 aromatic heterocycles. The molecule has 5 heteroatoms. The summed E-state index contributed by atoms with van der Waals surface area (Å²) in [5.41, 5.74) is 5.82. The van der Waals surface area contributed by atoms with Crippen LogP contribution in [0.25, 0.3) is 5.69 Å². The number of aryl methyl sites for hydroxylation is 3. The van der Waals surface area contributed by atoms with Gasteiger partial charge in [-0.05, 0) is 31.9 Å². The van der Waals surface area contributed by atoms with Crippen LogP contribution in [0.1, 0.15) is 59.2 Å². The largest absolute Gasteiger partial charge is 0.290 e. The first-order valence-electron chi connectivity index (χ1n) is 10.9. The summed E-state index contributed by atoms with van der Waals surface area (Å²) in [6.07, 6.45) is 1.72. The highest BCUT2D eigenvalue weighted by Crippen LogP contribution is 2.30. The maximum Gasteiger partial charge on any atom is 0.250 e. The minimum atomic E-state index is -0.248. The molecule has 0 radical (unpaired) electrons. The molecule has 1 aliphatic rings. The van der Waals surface area contributed by atoms with Gasteiger partial charge in [0, 0.05) is 16.7 Å². The van der Waals surface area contributed by atoms with Crippen LogP contribution in [0.3, 0.4) is 0 Å². The van der Waals surface area contributed by atoms with Gasteiger partial charge in [0.05, 0.1) is 0 Å². The minimum Gasteiger partial charge on any atom is -0.290 e. The Hall–Kier alpha value is -4.12. The summed E-state index contributed by atoms with van der Waals surface area (Å²) >= 11 is 0. The Morgan fingerprint density at radius 1 is 0.818 bits per heavy atom. The van der Waals surface area contributed by atoms with Gasteiger partial charge in [0.25, 0.3) is 6.33 Å². The summed E-state index contributed by atoms with van der Waals surface area (Å²) < 4.78 is 3.41. The van der Waals surface area contributed by atoms with Gasteiger partial charge in [0.1, 0.15) is 5.69 Å². The molecule has 1 heterocycles. The molecule has 0 atom stereocenters. The Bertz CT molecular complexity index is 1440. The molecular formula is C28H23N2O3+. The molecule has 5 nitrogen and oxygen atoms in total. The number of benzene rings is 3. The smallest absolute Gasteiger partial charge is 0.250 e. The van der Waals surface area contributed by atoms with Gasteiger partial charge in [-0.15, -0.1) is 0 Å². The van der Waals surface area contributed by atoms with Gasteiger partial charge in [0.15, 0.2) is 6.54 Å². The normalized spacial score (nSPS) is 12.5. The molecule has 0 amide bonds. The second kappa shape index (κ2) is 7.78.